The van der Waals surface area contributed by atoms with E-state index < -0.39 is 0 Å². The number of benzene rings is 1. The van der Waals surface area contributed by atoms with Crippen molar-refractivity contribution in [1.29, 1.82) is 0 Å². The number of thiophene rings is 1. The van der Waals surface area contributed by atoms with Gasteiger partial charge in [-0.1, -0.05) is 23.7 Å². The first-order valence-corrected chi connectivity index (χ1v) is 7.30. The van der Waals surface area contributed by atoms with Crippen LogP contribution in [0.3, 0.4) is 0 Å². The van der Waals surface area contributed by atoms with Gasteiger partial charge in [-0.2, -0.15) is 0 Å². The molecule has 0 aliphatic carbocycles. The third-order valence-corrected chi connectivity index (χ3v) is 4.57. The van der Waals surface area contributed by atoms with E-state index in [1.54, 1.807) is 23.5 Å². The highest BCUT2D eigenvalue weighted by Crippen LogP contribution is 2.34. The molecule has 90 valence electrons. The highest BCUT2D eigenvalue weighted by molar-refractivity contribution is 7.20. The maximum absolute atomic E-state index is 9.46. The number of hydrogen-bond donors (Lipinski definition) is 1. The van der Waals surface area contributed by atoms with Crippen molar-refractivity contribution in [2.45, 2.75) is 0 Å². The first-order valence-electron chi connectivity index (χ1n) is 5.23. The molecule has 2 heterocycles. The van der Waals surface area contributed by atoms with Gasteiger partial charge < -0.3 is 5.11 Å². The quantitative estimate of drug-likeness (QED) is 0.729. The van der Waals surface area contributed by atoms with E-state index >= 15 is 0 Å². The fraction of sp³-hybridized carbons (Fsp3) is 0. The van der Waals surface area contributed by atoms with E-state index in [9.17, 15) is 5.11 Å². The van der Waals surface area contributed by atoms with Crippen molar-refractivity contribution in [1.82, 2.24) is 4.98 Å². The Kier molecular flexibility index (Phi) is 3.07. The third kappa shape index (κ3) is 2.27. The maximum Gasteiger partial charge on any atom is 0.124 e. The van der Waals surface area contributed by atoms with Crippen molar-refractivity contribution in [3.05, 3.63) is 46.1 Å². The number of phenolic OH excluding ortho intramolecular Hbond substituents is 1. The highest BCUT2D eigenvalue weighted by atomic mass is 35.5. The first-order chi connectivity index (χ1) is 8.72. The molecule has 5 heteroatoms. The average Bonchev–Trinajstić information content (AvgIpc) is 2.97. The number of rotatable bonds is 2. The molecular weight excluding hydrogens is 286 g/mol. The van der Waals surface area contributed by atoms with Gasteiger partial charge >= 0.3 is 0 Å². The minimum atomic E-state index is 0.253. The molecule has 0 radical (unpaired) electrons. The fourth-order valence-electron chi connectivity index (χ4n) is 1.61. The van der Waals surface area contributed by atoms with Crippen LogP contribution < -0.4 is 0 Å². The molecule has 0 aliphatic rings. The van der Waals surface area contributed by atoms with E-state index in [1.165, 1.54) is 11.3 Å². The number of thiazole rings is 1. The van der Waals surface area contributed by atoms with Gasteiger partial charge in [0, 0.05) is 10.9 Å². The molecule has 3 aromatic rings. The summed E-state index contributed by atoms with van der Waals surface area (Å²) in [5.41, 5.74) is 1.85. The lowest BCUT2D eigenvalue weighted by Crippen LogP contribution is -1.76. The second-order valence-electron chi connectivity index (χ2n) is 3.69. The molecule has 0 saturated heterocycles. The average molecular weight is 294 g/mol. The van der Waals surface area contributed by atoms with Gasteiger partial charge in [0.2, 0.25) is 0 Å². The molecule has 0 fully saturated rings. The van der Waals surface area contributed by atoms with E-state index in [2.05, 4.69) is 4.98 Å². The van der Waals surface area contributed by atoms with Gasteiger partial charge in [-0.05, 0) is 24.3 Å². The van der Waals surface area contributed by atoms with Crippen molar-refractivity contribution in [3.8, 4) is 26.9 Å². The van der Waals surface area contributed by atoms with Crippen LogP contribution in [0.25, 0.3) is 21.1 Å². The summed E-state index contributed by atoms with van der Waals surface area (Å²) in [7, 11) is 0. The van der Waals surface area contributed by atoms with Gasteiger partial charge in [-0.15, -0.1) is 22.7 Å². The molecule has 1 N–H and O–H groups in total. The zero-order valence-electron chi connectivity index (χ0n) is 9.13. The van der Waals surface area contributed by atoms with Crippen molar-refractivity contribution >= 4 is 34.3 Å². The van der Waals surface area contributed by atoms with Crippen LogP contribution in [0.5, 0.6) is 5.75 Å². The van der Waals surface area contributed by atoms with Crippen molar-refractivity contribution in [3.63, 3.8) is 0 Å². The van der Waals surface area contributed by atoms with Crippen LogP contribution in [-0.4, -0.2) is 10.1 Å². The van der Waals surface area contributed by atoms with E-state index in [0.717, 1.165) is 25.5 Å². The lowest BCUT2D eigenvalue weighted by Gasteiger charge is -1.96. The lowest BCUT2D eigenvalue weighted by molar-refractivity contribution is 0.475. The molecule has 0 spiro atoms. The molecule has 0 saturated carbocycles. The fourth-order valence-corrected chi connectivity index (χ4v) is 3.51. The topological polar surface area (TPSA) is 33.1 Å². The molecule has 0 atom stereocenters. The number of nitrogens with zero attached hydrogens (tertiary/aromatic N) is 1. The molecule has 1 aromatic carbocycles. The Morgan fingerprint density at radius 1 is 1.17 bits per heavy atom. The molecule has 18 heavy (non-hydrogen) atoms. The normalized spacial score (nSPS) is 10.7. The van der Waals surface area contributed by atoms with Crippen molar-refractivity contribution in [2.75, 3.05) is 0 Å². The second kappa shape index (κ2) is 4.72. The Morgan fingerprint density at radius 2 is 2.06 bits per heavy atom. The van der Waals surface area contributed by atoms with Crippen LogP contribution in [-0.2, 0) is 0 Å². The predicted octanol–water partition coefficient (Wildman–Crippen LogP) is 4.90. The maximum atomic E-state index is 9.46. The first kappa shape index (κ1) is 11.7. The minimum Gasteiger partial charge on any atom is -0.508 e. The second-order valence-corrected chi connectivity index (χ2v) is 6.27. The van der Waals surface area contributed by atoms with Crippen LogP contribution in [0.1, 0.15) is 0 Å². The molecule has 0 bridgehead atoms. The molecule has 0 amide bonds. The van der Waals surface area contributed by atoms with Gasteiger partial charge in [0.05, 0.1) is 14.9 Å². The predicted molar refractivity (Wildman–Crippen MR) is 77.5 cm³/mol. The van der Waals surface area contributed by atoms with Crippen LogP contribution in [0, 0.1) is 0 Å². The Labute approximate surface area is 117 Å². The van der Waals surface area contributed by atoms with Crippen molar-refractivity contribution < 1.29 is 5.11 Å². The van der Waals surface area contributed by atoms with Crippen LogP contribution in [0.4, 0.5) is 0 Å². The summed E-state index contributed by atoms with van der Waals surface area (Å²) < 4.78 is 0.761. The summed E-state index contributed by atoms with van der Waals surface area (Å²) in [4.78, 5) is 5.62. The van der Waals surface area contributed by atoms with E-state index in [4.69, 9.17) is 11.6 Å². The summed E-state index contributed by atoms with van der Waals surface area (Å²) in [5.74, 6) is 0.253. The Morgan fingerprint density at radius 3 is 2.78 bits per heavy atom. The zero-order valence-corrected chi connectivity index (χ0v) is 11.5. The molecule has 2 nitrogen and oxygen atoms in total. The van der Waals surface area contributed by atoms with Gasteiger partial charge in [0.25, 0.3) is 0 Å². The molecule has 2 aromatic heterocycles. The van der Waals surface area contributed by atoms with Crippen LogP contribution in [0.2, 0.25) is 4.34 Å². The van der Waals surface area contributed by atoms with Gasteiger partial charge in [-0.25, -0.2) is 4.98 Å². The van der Waals surface area contributed by atoms with E-state index in [0.29, 0.717) is 0 Å². The minimum absolute atomic E-state index is 0.253. The lowest BCUT2D eigenvalue weighted by atomic mass is 10.2. The number of aromatic hydroxyl groups is 1. The molecule has 0 unspecified atom stereocenters. The molecule has 0 aliphatic heterocycles. The smallest absolute Gasteiger partial charge is 0.124 e. The number of hydrogen-bond acceptors (Lipinski definition) is 4. The SMILES string of the molecule is Oc1cccc(-c2nc(-c3ccc(Cl)s3)cs2)c1. The van der Waals surface area contributed by atoms with E-state index in [1.807, 2.05) is 29.6 Å². The van der Waals surface area contributed by atoms with Crippen molar-refractivity contribution in [2.24, 2.45) is 0 Å². The number of halogens is 1. The summed E-state index contributed by atoms with van der Waals surface area (Å²) in [6.07, 6.45) is 0. The summed E-state index contributed by atoms with van der Waals surface area (Å²) in [6, 6.07) is 10.9. The largest absolute Gasteiger partial charge is 0.508 e. The van der Waals surface area contributed by atoms with Gasteiger partial charge in [0.1, 0.15) is 10.8 Å². The number of aromatic nitrogens is 1. The number of phenols is 1. The summed E-state index contributed by atoms with van der Waals surface area (Å²) in [6.45, 7) is 0. The standard InChI is InChI=1S/C13H8ClNOS2/c14-12-5-4-11(18-12)10-7-17-13(15-10)8-2-1-3-9(16)6-8/h1-7,16H. The zero-order chi connectivity index (χ0) is 12.5. The summed E-state index contributed by atoms with van der Waals surface area (Å²) >= 11 is 8.99. The Balaban J connectivity index is 1.99. The van der Waals surface area contributed by atoms with E-state index in [-0.39, 0.29) is 5.75 Å². The Bertz CT molecular complexity index is 690. The van der Waals surface area contributed by atoms with Gasteiger partial charge in [0.15, 0.2) is 0 Å². The Hall–Kier alpha value is -1.36. The van der Waals surface area contributed by atoms with Gasteiger partial charge in [-0.3, -0.25) is 0 Å². The monoisotopic (exact) mass is 293 g/mol. The third-order valence-electron chi connectivity index (χ3n) is 2.42. The molecular formula is C13H8ClNOS2. The van der Waals surface area contributed by atoms with Crippen LogP contribution in [0.15, 0.2) is 41.8 Å². The summed E-state index contributed by atoms with van der Waals surface area (Å²) in [5, 5.41) is 12.4. The highest BCUT2D eigenvalue weighted by Gasteiger charge is 2.08. The van der Waals surface area contributed by atoms with Crippen LogP contribution >= 0.6 is 34.3 Å². The molecule has 3 rings (SSSR count).